The molecule has 2 saturated carbocycles. The van der Waals surface area contributed by atoms with E-state index in [9.17, 15) is 26.7 Å². The van der Waals surface area contributed by atoms with E-state index in [0.717, 1.165) is 82.2 Å². The minimum Gasteiger partial charge on any atom is -0.465 e. The number of benzene rings is 1. The maximum atomic E-state index is 16.2. The molecule has 0 radical (unpaired) electrons. The summed E-state index contributed by atoms with van der Waals surface area (Å²) in [5.41, 5.74) is 1.69. The Hall–Kier alpha value is -1.85. The number of ether oxygens (including phenoxy) is 3. The number of hydrogen-bond acceptors (Lipinski definition) is 5. The van der Waals surface area contributed by atoms with Crippen LogP contribution in [0.1, 0.15) is 107 Å². The van der Waals surface area contributed by atoms with E-state index in [0.29, 0.717) is 38.4 Å². The van der Waals surface area contributed by atoms with Crippen LogP contribution >= 0.6 is 0 Å². The van der Waals surface area contributed by atoms with Gasteiger partial charge in [-0.25, -0.2) is 4.39 Å². The molecule has 0 spiro atoms. The summed E-state index contributed by atoms with van der Waals surface area (Å²) in [6, 6.07) is 6.14. The Labute approximate surface area is 281 Å². The van der Waals surface area contributed by atoms with Crippen LogP contribution in [-0.4, -0.2) is 75.2 Å². The highest BCUT2D eigenvalue weighted by molar-refractivity contribution is 5.87. The van der Waals surface area contributed by atoms with Crippen molar-refractivity contribution in [2.24, 2.45) is 23.2 Å². The molecule has 5 nitrogen and oxygen atoms in total. The van der Waals surface area contributed by atoms with E-state index >= 15 is 4.39 Å². The lowest BCUT2D eigenvalue weighted by atomic mass is 9.51. The largest absolute Gasteiger partial charge is 0.465 e. The standard InChI is InChI=1S/C37H53F6NO4/c1-35-24-30(38)34-28-13-12-27(48-32-11-5-7-21-47-32)23-26(28)22-25(33(34)29(35)14-15-31(35)45)10-4-3-6-17-44(2)18-9-20-46-19-8-16-36(39,40)37(41,42)43/h12-13,23,25,29-30,32-34H,3-11,14-22,24H2,1-2H3/t25-,29+,30+,32?,33+,34+,35+/m1/s1. The number of carbonyl (C=O) groups excluding carboxylic acids is 1. The Kier molecular flexibility index (Phi) is 12.5. The van der Waals surface area contributed by atoms with Gasteiger partial charge in [0.25, 0.3) is 0 Å². The number of nitrogens with zero attached hydrogens (tertiary/aromatic N) is 1. The normalized spacial score (nSPS) is 30.6. The van der Waals surface area contributed by atoms with E-state index in [-0.39, 0.29) is 42.9 Å². The number of rotatable bonds is 16. The predicted molar refractivity (Wildman–Crippen MR) is 171 cm³/mol. The van der Waals surface area contributed by atoms with Crippen molar-refractivity contribution >= 4 is 5.78 Å². The van der Waals surface area contributed by atoms with Gasteiger partial charge in [-0.05, 0) is 112 Å². The highest BCUT2D eigenvalue weighted by atomic mass is 19.4. The molecule has 3 aliphatic carbocycles. The van der Waals surface area contributed by atoms with Gasteiger partial charge in [-0.3, -0.25) is 4.79 Å². The third-order valence-electron chi connectivity index (χ3n) is 11.6. The van der Waals surface area contributed by atoms with Crippen LogP contribution in [0.5, 0.6) is 5.75 Å². The van der Waals surface area contributed by atoms with Crippen molar-refractivity contribution in [3.63, 3.8) is 0 Å². The van der Waals surface area contributed by atoms with Gasteiger partial charge in [0.2, 0.25) is 0 Å². The summed E-state index contributed by atoms with van der Waals surface area (Å²) in [5, 5.41) is 0. The highest BCUT2D eigenvalue weighted by Gasteiger charge is 2.60. The lowest BCUT2D eigenvalue weighted by Gasteiger charge is -2.53. The molecule has 48 heavy (non-hydrogen) atoms. The van der Waals surface area contributed by atoms with Gasteiger partial charge in [-0.1, -0.05) is 25.8 Å². The maximum absolute atomic E-state index is 16.2. The molecule has 1 aromatic carbocycles. The van der Waals surface area contributed by atoms with Gasteiger partial charge in [0.15, 0.2) is 6.29 Å². The Morgan fingerprint density at radius 1 is 1.00 bits per heavy atom. The Morgan fingerprint density at radius 2 is 1.77 bits per heavy atom. The number of unbranched alkanes of at least 4 members (excludes halogenated alkanes) is 2. The maximum Gasteiger partial charge on any atom is 0.453 e. The van der Waals surface area contributed by atoms with Crippen molar-refractivity contribution in [1.29, 1.82) is 0 Å². The first-order valence-corrected chi connectivity index (χ1v) is 18.1. The molecule has 7 atom stereocenters. The number of fused-ring (bicyclic) bond motifs is 5. The SMILES string of the molecule is CN(CCCCC[C@@H]1Cc2cc(OC3CCCCO3)ccc2[C@@H]2[C@@H]1[C@@H]1CCC(=O)[C@@]1(C)C[C@@H]2F)CCCOCCCC(F)(F)C(F)(F)F. The summed E-state index contributed by atoms with van der Waals surface area (Å²) >= 11 is 0. The molecular formula is C37H53F6NO4. The first-order chi connectivity index (χ1) is 22.8. The molecule has 0 amide bonds. The first kappa shape index (κ1) is 37.4. The fraction of sp³-hybridized carbons (Fsp3) is 0.811. The van der Waals surface area contributed by atoms with Gasteiger partial charge >= 0.3 is 12.1 Å². The van der Waals surface area contributed by atoms with E-state index < -0.39 is 30.1 Å². The molecule has 4 aliphatic rings. The van der Waals surface area contributed by atoms with E-state index in [2.05, 4.69) is 17.0 Å². The molecule has 11 heteroatoms. The minimum absolute atomic E-state index is 0.122. The Balaban J connectivity index is 1.10. The second-order valence-electron chi connectivity index (χ2n) is 15.0. The van der Waals surface area contributed by atoms with Crippen molar-refractivity contribution in [2.75, 3.05) is 40.0 Å². The van der Waals surface area contributed by atoms with Crippen LogP contribution in [0.15, 0.2) is 18.2 Å². The summed E-state index contributed by atoms with van der Waals surface area (Å²) in [6.07, 6.45) is 1.84. The summed E-state index contributed by atoms with van der Waals surface area (Å²) in [6.45, 7) is 4.52. The molecule has 1 aliphatic heterocycles. The van der Waals surface area contributed by atoms with Gasteiger partial charge in [0.05, 0.1) is 6.61 Å². The number of Topliss-reactive ketones (excluding diaryl/α,β-unsaturated/α-hetero) is 1. The van der Waals surface area contributed by atoms with E-state index in [1.807, 2.05) is 20.0 Å². The zero-order valence-electron chi connectivity index (χ0n) is 28.5. The molecular weight excluding hydrogens is 636 g/mol. The number of ketones is 1. The monoisotopic (exact) mass is 689 g/mol. The molecule has 5 rings (SSSR count). The van der Waals surface area contributed by atoms with Crippen LogP contribution in [0.2, 0.25) is 0 Å². The fourth-order valence-electron chi connectivity index (χ4n) is 9.01. The number of carbonyl (C=O) groups is 1. The summed E-state index contributed by atoms with van der Waals surface area (Å²) in [5.74, 6) is -3.22. The molecule has 1 unspecified atom stereocenters. The second kappa shape index (κ2) is 16.0. The van der Waals surface area contributed by atoms with Crippen LogP contribution in [0, 0.1) is 23.2 Å². The number of halogens is 6. The Bertz CT molecular complexity index is 1210. The third kappa shape index (κ3) is 8.71. The lowest BCUT2D eigenvalue weighted by molar-refractivity contribution is -0.285. The average Bonchev–Trinajstić information content (AvgIpc) is 3.32. The molecule has 1 aromatic rings. The van der Waals surface area contributed by atoms with Gasteiger partial charge in [-0.15, -0.1) is 0 Å². The molecule has 1 saturated heterocycles. The third-order valence-corrected chi connectivity index (χ3v) is 11.6. The van der Waals surface area contributed by atoms with E-state index in [4.69, 9.17) is 14.2 Å². The fourth-order valence-corrected chi connectivity index (χ4v) is 9.01. The highest BCUT2D eigenvalue weighted by Crippen LogP contribution is 2.62. The topological polar surface area (TPSA) is 48.0 Å². The predicted octanol–water partition coefficient (Wildman–Crippen LogP) is 9.07. The van der Waals surface area contributed by atoms with Crippen LogP contribution in [0.3, 0.4) is 0 Å². The number of alkyl halides is 6. The smallest absolute Gasteiger partial charge is 0.453 e. The molecule has 0 N–H and O–H groups in total. The van der Waals surface area contributed by atoms with Gasteiger partial charge in [-0.2, -0.15) is 22.0 Å². The molecule has 272 valence electrons. The molecule has 1 heterocycles. The quantitative estimate of drug-likeness (QED) is 0.128. The number of hydrogen-bond donors (Lipinski definition) is 0. The molecule has 0 aromatic heterocycles. The van der Waals surface area contributed by atoms with Crippen LogP contribution in [0.25, 0.3) is 0 Å². The molecule has 0 bridgehead atoms. The van der Waals surface area contributed by atoms with Crippen molar-refractivity contribution in [3.8, 4) is 5.75 Å². The Morgan fingerprint density at radius 3 is 2.52 bits per heavy atom. The first-order valence-electron chi connectivity index (χ1n) is 18.1. The van der Waals surface area contributed by atoms with Crippen LogP contribution in [-0.2, 0) is 20.7 Å². The van der Waals surface area contributed by atoms with E-state index in [1.165, 1.54) is 5.56 Å². The minimum atomic E-state index is -5.52. The van der Waals surface area contributed by atoms with Crippen molar-refractivity contribution in [1.82, 2.24) is 4.90 Å². The summed E-state index contributed by atoms with van der Waals surface area (Å²) in [7, 11) is 2.01. The second-order valence-corrected chi connectivity index (χ2v) is 15.0. The van der Waals surface area contributed by atoms with Crippen LogP contribution < -0.4 is 4.74 Å². The summed E-state index contributed by atoms with van der Waals surface area (Å²) in [4.78, 5) is 15.2. The zero-order valence-corrected chi connectivity index (χ0v) is 28.5. The average molecular weight is 690 g/mol. The van der Waals surface area contributed by atoms with Crippen molar-refractivity contribution in [2.45, 2.75) is 127 Å². The van der Waals surface area contributed by atoms with Crippen molar-refractivity contribution < 1.29 is 45.3 Å². The van der Waals surface area contributed by atoms with Crippen LogP contribution in [0.4, 0.5) is 26.3 Å². The zero-order chi connectivity index (χ0) is 34.5. The van der Waals surface area contributed by atoms with E-state index in [1.54, 1.807) is 0 Å². The van der Waals surface area contributed by atoms with Crippen molar-refractivity contribution in [3.05, 3.63) is 29.3 Å². The summed E-state index contributed by atoms with van der Waals surface area (Å²) < 4.78 is 96.2. The molecule has 3 fully saturated rings. The van der Waals surface area contributed by atoms with Gasteiger partial charge in [0, 0.05) is 50.4 Å². The van der Waals surface area contributed by atoms with Gasteiger partial charge < -0.3 is 19.1 Å². The van der Waals surface area contributed by atoms with Gasteiger partial charge in [0.1, 0.15) is 17.7 Å². The lowest BCUT2D eigenvalue weighted by Crippen LogP contribution is -2.50.